The van der Waals surface area contributed by atoms with Gasteiger partial charge in [0.1, 0.15) is 5.54 Å². The fourth-order valence-electron chi connectivity index (χ4n) is 2.48. The van der Waals surface area contributed by atoms with E-state index in [0.29, 0.717) is 11.5 Å². The van der Waals surface area contributed by atoms with Crippen molar-refractivity contribution in [2.45, 2.75) is 38.1 Å². The van der Waals surface area contributed by atoms with Gasteiger partial charge in [0, 0.05) is 8.04 Å². The Hall–Kier alpha value is -0.610. The van der Waals surface area contributed by atoms with Gasteiger partial charge in [-0.3, -0.25) is 4.79 Å². The number of benzene rings is 1. The Kier molecular flexibility index (Phi) is 5.08. The van der Waals surface area contributed by atoms with Crippen LogP contribution in [-0.4, -0.2) is 11.4 Å². The molecule has 0 unspecified atom stereocenters. The molecule has 0 spiro atoms. The van der Waals surface area contributed by atoms with Crippen molar-refractivity contribution in [1.82, 2.24) is 5.32 Å². The third kappa shape index (κ3) is 3.53. The predicted octanol–water partition coefficient (Wildman–Crippen LogP) is 4.26. The molecule has 1 aromatic carbocycles. The Morgan fingerprint density at radius 1 is 1.50 bits per heavy atom. The van der Waals surface area contributed by atoms with E-state index in [1.54, 1.807) is 0 Å². The van der Waals surface area contributed by atoms with Crippen molar-refractivity contribution in [2.75, 3.05) is 0 Å². The molecule has 1 saturated carbocycles. The van der Waals surface area contributed by atoms with E-state index in [-0.39, 0.29) is 5.91 Å². The smallest absolute Gasteiger partial charge is 0.253 e. The van der Waals surface area contributed by atoms with E-state index in [0.717, 1.165) is 33.7 Å². The average Bonchev–Trinajstić information content (AvgIpc) is 2.44. The van der Waals surface area contributed by atoms with Gasteiger partial charge in [0.25, 0.3) is 5.91 Å². The third-order valence-corrected chi connectivity index (χ3v) is 5.23. The molecular weight excluding hydrogens is 431 g/mol. The van der Waals surface area contributed by atoms with Crippen molar-refractivity contribution in [2.24, 2.45) is 5.92 Å². The fraction of sp³-hybridized carbons (Fsp3) is 0.467. The maximum absolute atomic E-state index is 12.4. The number of hydrogen-bond donors (Lipinski definition) is 1. The molecule has 1 N–H and O–H groups in total. The van der Waals surface area contributed by atoms with Crippen LogP contribution >= 0.6 is 38.5 Å². The lowest BCUT2D eigenvalue weighted by atomic mass is 9.78. The molecule has 1 fully saturated rings. The number of rotatable bonds is 2. The van der Waals surface area contributed by atoms with Crippen molar-refractivity contribution in [3.63, 3.8) is 0 Å². The standard InChI is InChI=1S/C15H16BrIN2O/c1-10-4-6-15(9-18,7-5-10)19-14(20)12-8-11(17)2-3-13(12)16/h2-3,8,10H,4-7H2,1H3,(H,19,20). The second-order valence-corrected chi connectivity index (χ2v) is 7.55. The van der Waals surface area contributed by atoms with Crippen LogP contribution in [0.25, 0.3) is 0 Å². The minimum absolute atomic E-state index is 0.175. The lowest BCUT2D eigenvalue weighted by molar-refractivity contribution is 0.0893. The fourth-order valence-corrected chi connectivity index (χ4v) is 3.39. The maximum Gasteiger partial charge on any atom is 0.253 e. The molecule has 0 aliphatic heterocycles. The largest absolute Gasteiger partial charge is 0.334 e. The maximum atomic E-state index is 12.4. The number of carbonyl (C=O) groups excluding carboxylic acids is 1. The number of nitrogens with one attached hydrogen (secondary N) is 1. The first-order valence-corrected chi connectivity index (χ1v) is 8.52. The molecule has 1 aliphatic rings. The summed E-state index contributed by atoms with van der Waals surface area (Å²) >= 11 is 5.57. The molecule has 2 rings (SSSR count). The monoisotopic (exact) mass is 446 g/mol. The first-order valence-electron chi connectivity index (χ1n) is 6.64. The molecule has 0 aromatic heterocycles. The summed E-state index contributed by atoms with van der Waals surface area (Å²) in [5, 5.41) is 12.4. The van der Waals surface area contributed by atoms with Gasteiger partial charge in [0.2, 0.25) is 0 Å². The normalized spacial score (nSPS) is 25.8. The molecule has 106 valence electrons. The molecule has 0 radical (unpaired) electrons. The Morgan fingerprint density at radius 3 is 2.75 bits per heavy atom. The van der Waals surface area contributed by atoms with Crippen molar-refractivity contribution < 1.29 is 4.79 Å². The van der Waals surface area contributed by atoms with Crippen LogP contribution in [0.15, 0.2) is 22.7 Å². The zero-order valence-electron chi connectivity index (χ0n) is 11.2. The number of amides is 1. The van der Waals surface area contributed by atoms with Crippen molar-refractivity contribution in [3.8, 4) is 6.07 Å². The van der Waals surface area contributed by atoms with Gasteiger partial charge in [-0.15, -0.1) is 0 Å². The van der Waals surface area contributed by atoms with E-state index in [1.165, 1.54) is 0 Å². The number of nitrogens with zero attached hydrogens (tertiary/aromatic N) is 1. The van der Waals surface area contributed by atoms with E-state index in [2.05, 4.69) is 56.8 Å². The van der Waals surface area contributed by atoms with Crippen molar-refractivity contribution >= 4 is 44.4 Å². The topological polar surface area (TPSA) is 52.9 Å². The van der Waals surface area contributed by atoms with Gasteiger partial charge < -0.3 is 5.32 Å². The van der Waals surface area contributed by atoms with Gasteiger partial charge in [0.15, 0.2) is 0 Å². The van der Waals surface area contributed by atoms with E-state index in [4.69, 9.17) is 0 Å². The van der Waals surface area contributed by atoms with Gasteiger partial charge in [-0.2, -0.15) is 5.26 Å². The Balaban J connectivity index is 2.18. The van der Waals surface area contributed by atoms with Crippen LogP contribution in [0.1, 0.15) is 43.0 Å². The van der Waals surface area contributed by atoms with Crippen LogP contribution in [0.2, 0.25) is 0 Å². The number of halogens is 2. The van der Waals surface area contributed by atoms with Gasteiger partial charge in [-0.05, 0) is 88.3 Å². The minimum atomic E-state index is -0.704. The zero-order valence-corrected chi connectivity index (χ0v) is 15.0. The van der Waals surface area contributed by atoms with Crippen LogP contribution in [0, 0.1) is 20.8 Å². The summed E-state index contributed by atoms with van der Waals surface area (Å²) in [7, 11) is 0. The van der Waals surface area contributed by atoms with Crippen LogP contribution in [0.5, 0.6) is 0 Å². The van der Waals surface area contributed by atoms with Crippen molar-refractivity contribution in [1.29, 1.82) is 5.26 Å². The summed E-state index contributed by atoms with van der Waals surface area (Å²) in [6.45, 7) is 2.19. The Labute approximate surface area is 141 Å². The molecule has 0 saturated heterocycles. The van der Waals surface area contributed by atoms with Crippen LogP contribution in [0.3, 0.4) is 0 Å². The zero-order chi connectivity index (χ0) is 14.8. The molecule has 1 aliphatic carbocycles. The van der Waals surface area contributed by atoms with E-state index in [1.807, 2.05) is 18.2 Å². The van der Waals surface area contributed by atoms with Crippen LogP contribution in [0.4, 0.5) is 0 Å². The molecular formula is C15H16BrIN2O. The van der Waals surface area contributed by atoms with Gasteiger partial charge >= 0.3 is 0 Å². The highest BCUT2D eigenvalue weighted by atomic mass is 127. The first kappa shape index (κ1) is 15.8. The Bertz CT molecular complexity index is 559. The molecule has 3 nitrogen and oxygen atoms in total. The number of carbonyl (C=O) groups is 1. The minimum Gasteiger partial charge on any atom is -0.334 e. The molecule has 1 amide bonds. The van der Waals surface area contributed by atoms with E-state index >= 15 is 0 Å². The SMILES string of the molecule is CC1CCC(C#N)(NC(=O)c2cc(I)ccc2Br)CC1. The number of nitriles is 1. The van der Waals surface area contributed by atoms with Gasteiger partial charge in [-0.25, -0.2) is 0 Å². The molecule has 1 aromatic rings. The van der Waals surface area contributed by atoms with Gasteiger partial charge in [0.05, 0.1) is 11.6 Å². The highest BCUT2D eigenvalue weighted by Crippen LogP contribution is 2.32. The summed E-state index contributed by atoms with van der Waals surface area (Å²) in [5.41, 5.74) is -0.116. The third-order valence-electron chi connectivity index (χ3n) is 3.87. The molecule has 20 heavy (non-hydrogen) atoms. The summed E-state index contributed by atoms with van der Waals surface area (Å²) in [6, 6.07) is 7.95. The average molecular weight is 447 g/mol. The van der Waals surface area contributed by atoms with E-state index < -0.39 is 5.54 Å². The first-order chi connectivity index (χ1) is 9.46. The molecule has 0 atom stereocenters. The molecule has 5 heteroatoms. The number of hydrogen-bond acceptors (Lipinski definition) is 2. The predicted molar refractivity (Wildman–Crippen MR) is 90.3 cm³/mol. The van der Waals surface area contributed by atoms with Crippen LogP contribution in [-0.2, 0) is 0 Å². The highest BCUT2D eigenvalue weighted by molar-refractivity contribution is 14.1. The van der Waals surface area contributed by atoms with E-state index in [9.17, 15) is 10.1 Å². The lowest BCUT2D eigenvalue weighted by Gasteiger charge is -2.34. The molecule has 0 heterocycles. The van der Waals surface area contributed by atoms with Crippen LogP contribution < -0.4 is 5.32 Å². The summed E-state index contributed by atoms with van der Waals surface area (Å²) in [5.74, 6) is 0.462. The summed E-state index contributed by atoms with van der Waals surface area (Å²) < 4.78 is 1.76. The lowest BCUT2D eigenvalue weighted by Crippen LogP contribution is -2.49. The second-order valence-electron chi connectivity index (χ2n) is 5.45. The van der Waals surface area contributed by atoms with Crippen molar-refractivity contribution in [3.05, 3.63) is 31.8 Å². The molecule has 0 bridgehead atoms. The highest BCUT2D eigenvalue weighted by Gasteiger charge is 2.36. The second kappa shape index (κ2) is 6.44. The van der Waals surface area contributed by atoms with Gasteiger partial charge in [-0.1, -0.05) is 6.92 Å². The summed E-state index contributed by atoms with van der Waals surface area (Å²) in [6.07, 6.45) is 3.44. The quantitative estimate of drug-likeness (QED) is 0.690. The summed E-state index contributed by atoms with van der Waals surface area (Å²) in [4.78, 5) is 12.4. The Morgan fingerprint density at radius 2 is 2.15 bits per heavy atom.